The van der Waals surface area contributed by atoms with E-state index in [1.165, 1.54) is 6.07 Å². The number of carbonyl (C=O) groups is 1. The molecule has 0 bridgehead atoms. The normalized spacial score (nSPS) is 11.5. The number of benzene rings is 1. The molecule has 4 nitrogen and oxygen atoms in total. The summed E-state index contributed by atoms with van der Waals surface area (Å²) in [4.78, 5) is 11.5. The third-order valence-corrected chi connectivity index (χ3v) is 2.19. The number of hydrogen-bond acceptors (Lipinski definition) is 4. The molecule has 0 fully saturated rings. The van der Waals surface area contributed by atoms with Gasteiger partial charge in [0.05, 0.1) is 6.54 Å². The van der Waals surface area contributed by atoms with Crippen LogP contribution in [0.2, 0.25) is 0 Å². The van der Waals surface area contributed by atoms with E-state index >= 15 is 0 Å². The fourth-order valence-corrected chi connectivity index (χ4v) is 1.54. The SMILES string of the molecule is CC(C)(C)OC(=O)CNCc1ccccc1OC(F)F. The summed E-state index contributed by atoms with van der Waals surface area (Å²) in [5.74, 6) is -0.302. The lowest BCUT2D eigenvalue weighted by Gasteiger charge is -2.19. The van der Waals surface area contributed by atoms with Crippen LogP contribution in [0.25, 0.3) is 0 Å². The smallest absolute Gasteiger partial charge is 0.387 e. The molecule has 1 rings (SSSR count). The van der Waals surface area contributed by atoms with Crippen LogP contribution >= 0.6 is 0 Å². The second-order valence-electron chi connectivity index (χ2n) is 5.18. The number of hydrogen-bond donors (Lipinski definition) is 1. The van der Waals surface area contributed by atoms with Gasteiger partial charge in [-0.1, -0.05) is 18.2 Å². The predicted molar refractivity (Wildman–Crippen MR) is 70.6 cm³/mol. The zero-order valence-corrected chi connectivity index (χ0v) is 11.8. The highest BCUT2D eigenvalue weighted by atomic mass is 19.3. The first-order valence-corrected chi connectivity index (χ1v) is 6.23. The van der Waals surface area contributed by atoms with Gasteiger partial charge in [-0.3, -0.25) is 4.79 Å². The number of rotatable bonds is 6. The van der Waals surface area contributed by atoms with Gasteiger partial charge in [-0.05, 0) is 26.8 Å². The quantitative estimate of drug-likeness (QED) is 0.817. The van der Waals surface area contributed by atoms with E-state index in [1.807, 2.05) is 0 Å². The van der Waals surface area contributed by atoms with Crippen LogP contribution in [0.3, 0.4) is 0 Å². The molecule has 0 aliphatic heterocycles. The first-order valence-electron chi connectivity index (χ1n) is 6.23. The minimum Gasteiger partial charge on any atom is -0.459 e. The summed E-state index contributed by atoms with van der Waals surface area (Å²) in [5.41, 5.74) is 0.00601. The second-order valence-corrected chi connectivity index (χ2v) is 5.18. The molecular formula is C14H19F2NO3. The zero-order chi connectivity index (χ0) is 15.2. The molecule has 0 amide bonds. The van der Waals surface area contributed by atoms with Crippen LogP contribution in [0.5, 0.6) is 5.75 Å². The summed E-state index contributed by atoms with van der Waals surface area (Å²) in [5, 5.41) is 2.84. The van der Waals surface area contributed by atoms with E-state index in [9.17, 15) is 13.6 Å². The van der Waals surface area contributed by atoms with Gasteiger partial charge in [-0.15, -0.1) is 0 Å². The predicted octanol–water partition coefficient (Wildman–Crippen LogP) is 2.72. The Balaban J connectivity index is 2.48. The van der Waals surface area contributed by atoms with Gasteiger partial charge < -0.3 is 14.8 Å². The third kappa shape index (κ3) is 6.47. The summed E-state index contributed by atoms with van der Waals surface area (Å²) in [6.07, 6.45) is 0. The summed E-state index contributed by atoms with van der Waals surface area (Å²) < 4.78 is 34.0. The highest BCUT2D eigenvalue weighted by Gasteiger charge is 2.16. The molecule has 0 saturated carbocycles. The Morgan fingerprint density at radius 3 is 2.55 bits per heavy atom. The average molecular weight is 287 g/mol. The van der Waals surface area contributed by atoms with Crippen LogP contribution in [-0.2, 0) is 16.1 Å². The maximum Gasteiger partial charge on any atom is 0.387 e. The number of esters is 1. The van der Waals surface area contributed by atoms with Crippen molar-refractivity contribution >= 4 is 5.97 Å². The fraction of sp³-hybridized carbons (Fsp3) is 0.500. The molecular weight excluding hydrogens is 268 g/mol. The van der Waals surface area contributed by atoms with Crippen molar-refractivity contribution in [2.24, 2.45) is 0 Å². The monoisotopic (exact) mass is 287 g/mol. The second kappa shape index (κ2) is 7.19. The van der Waals surface area contributed by atoms with Crippen molar-refractivity contribution < 1.29 is 23.0 Å². The van der Waals surface area contributed by atoms with Crippen molar-refractivity contribution in [1.29, 1.82) is 0 Å². The van der Waals surface area contributed by atoms with Gasteiger partial charge in [0.2, 0.25) is 0 Å². The maximum atomic E-state index is 12.2. The van der Waals surface area contributed by atoms with E-state index < -0.39 is 18.2 Å². The Labute approximate surface area is 117 Å². The lowest BCUT2D eigenvalue weighted by molar-refractivity contribution is -0.153. The average Bonchev–Trinajstić information content (AvgIpc) is 2.28. The Morgan fingerprint density at radius 1 is 1.30 bits per heavy atom. The molecule has 0 atom stereocenters. The molecule has 1 N–H and O–H groups in total. The van der Waals surface area contributed by atoms with Crippen molar-refractivity contribution in [3.05, 3.63) is 29.8 Å². The molecule has 6 heteroatoms. The van der Waals surface area contributed by atoms with Gasteiger partial charge in [0, 0.05) is 12.1 Å². The van der Waals surface area contributed by atoms with Gasteiger partial charge >= 0.3 is 12.6 Å². The highest BCUT2D eigenvalue weighted by molar-refractivity contribution is 5.72. The number of nitrogens with one attached hydrogen (secondary N) is 1. The number of ether oxygens (including phenoxy) is 2. The lowest BCUT2D eigenvalue weighted by atomic mass is 10.2. The molecule has 0 radical (unpaired) electrons. The Kier molecular flexibility index (Phi) is 5.88. The van der Waals surface area contributed by atoms with Crippen LogP contribution in [0.4, 0.5) is 8.78 Å². The van der Waals surface area contributed by atoms with Crippen LogP contribution in [0.15, 0.2) is 24.3 Å². The summed E-state index contributed by atoms with van der Waals surface area (Å²) in [7, 11) is 0. The molecule has 0 spiro atoms. The Hall–Kier alpha value is -1.69. The summed E-state index contributed by atoms with van der Waals surface area (Å²) in [6.45, 7) is 2.69. The van der Waals surface area contributed by atoms with Gasteiger partial charge in [0.1, 0.15) is 11.4 Å². The Bertz CT molecular complexity index is 444. The molecule has 0 aromatic heterocycles. The van der Waals surface area contributed by atoms with E-state index in [1.54, 1.807) is 39.0 Å². The molecule has 0 aliphatic carbocycles. The van der Waals surface area contributed by atoms with Gasteiger partial charge in [-0.2, -0.15) is 8.78 Å². The third-order valence-electron chi connectivity index (χ3n) is 2.19. The van der Waals surface area contributed by atoms with E-state index in [0.717, 1.165) is 0 Å². The first kappa shape index (κ1) is 16.4. The minimum absolute atomic E-state index is 0.000281. The number of carbonyl (C=O) groups excluding carboxylic acids is 1. The minimum atomic E-state index is -2.87. The zero-order valence-electron chi connectivity index (χ0n) is 11.8. The summed E-state index contributed by atoms with van der Waals surface area (Å²) in [6, 6.07) is 6.42. The van der Waals surface area contributed by atoms with Crippen molar-refractivity contribution in [3.8, 4) is 5.75 Å². The standard InChI is InChI=1S/C14H19F2NO3/c1-14(2,3)20-12(18)9-17-8-10-6-4-5-7-11(10)19-13(15)16/h4-7,13,17H,8-9H2,1-3H3. The Morgan fingerprint density at radius 2 is 1.95 bits per heavy atom. The van der Waals surface area contributed by atoms with Gasteiger partial charge in [-0.25, -0.2) is 0 Å². The fourth-order valence-electron chi connectivity index (χ4n) is 1.54. The van der Waals surface area contributed by atoms with E-state index in [-0.39, 0.29) is 18.8 Å². The highest BCUT2D eigenvalue weighted by Crippen LogP contribution is 2.19. The van der Waals surface area contributed by atoms with E-state index in [0.29, 0.717) is 5.56 Å². The van der Waals surface area contributed by atoms with Gasteiger partial charge in [0.25, 0.3) is 0 Å². The molecule has 112 valence electrons. The van der Waals surface area contributed by atoms with Crippen LogP contribution in [0, 0.1) is 0 Å². The molecule has 0 saturated heterocycles. The first-order chi connectivity index (χ1) is 9.28. The molecule has 1 aromatic carbocycles. The van der Waals surface area contributed by atoms with Crippen molar-refractivity contribution in [1.82, 2.24) is 5.32 Å². The molecule has 20 heavy (non-hydrogen) atoms. The van der Waals surface area contributed by atoms with Gasteiger partial charge in [0.15, 0.2) is 0 Å². The van der Waals surface area contributed by atoms with Crippen LogP contribution < -0.4 is 10.1 Å². The summed E-state index contributed by atoms with van der Waals surface area (Å²) >= 11 is 0. The molecule has 0 aliphatic rings. The van der Waals surface area contributed by atoms with Crippen LogP contribution in [-0.4, -0.2) is 24.7 Å². The lowest BCUT2D eigenvalue weighted by Crippen LogP contribution is -2.31. The molecule has 0 unspecified atom stereocenters. The van der Waals surface area contributed by atoms with E-state index in [4.69, 9.17) is 4.74 Å². The van der Waals surface area contributed by atoms with Crippen molar-refractivity contribution in [2.75, 3.05) is 6.54 Å². The number of halogens is 2. The van der Waals surface area contributed by atoms with E-state index in [2.05, 4.69) is 10.1 Å². The van der Waals surface area contributed by atoms with Crippen LogP contribution in [0.1, 0.15) is 26.3 Å². The van der Waals surface area contributed by atoms with Crippen molar-refractivity contribution in [3.63, 3.8) is 0 Å². The maximum absolute atomic E-state index is 12.2. The topological polar surface area (TPSA) is 47.6 Å². The number of para-hydroxylation sites is 1. The number of alkyl halides is 2. The molecule has 1 aromatic rings. The van der Waals surface area contributed by atoms with Crippen molar-refractivity contribution in [2.45, 2.75) is 39.5 Å². The largest absolute Gasteiger partial charge is 0.459 e. The molecule has 0 heterocycles.